The molecule has 2 heterocycles. The molecular weight excluding hydrogens is 335 g/mol. The molecule has 0 saturated heterocycles. The Bertz CT molecular complexity index is 919. The lowest BCUT2D eigenvalue weighted by Crippen LogP contribution is -2.26. The van der Waals surface area contributed by atoms with Gasteiger partial charge >= 0.3 is 6.18 Å². The predicted octanol–water partition coefficient (Wildman–Crippen LogP) is 3.52. The Labute approximate surface area is 140 Å². The highest BCUT2D eigenvalue weighted by molar-refractivity contribution is 5.96. The number of nitrogens with zero attached hydrogens (tertiary/aromatic N) is 2. The average molecular weight is 349 g/mol. The van der Waals surface area contributed by atoms with E-state index in [0.29, 0.717) is 22.4 Å². The lowest BCUT2D eigenvalue weighted by molar-refractivity contribution is -0.138. The van der Waals surface area contributed by atoms with E-state index in [9.17, 15) is 18.0 Å². The van der Waals surface area contributed by atoms with Gasteiger partial charge in [0.25, 0.3) is 11.6 Å². The second kappa shape index (κ2) is 6.54. The van der Waals surface area contributed by atoms with Crippen LogP contribution in [0.25, 0.3) is 11.1 Å². The second-order valence-corrected chi connectivity index (χ2v) is 5.51. The van der Waals surface area contributed by atoms with Crippen molar-refractivity contribution in [3.05, 3.63) is 58.9 Å². The molecule has 0 radical (unpaired) electrons. The quantitative estimate of drug-likeness (QED) is 0.782. The highest BCUT2D eigenvalue weighted by atomic mass is 19.4. The molecule has 2 aromatic heterocycles. The third-order valence-electron chi connectivity index (χ3n) is 3.77. The molecule has 0 aliphatic heterocycles. The maximum Gasteiger partial charge on any atom is 0.416 e. The van der Waals surface area contributed by atoms with Crippen LogP contribution in [0.5, 0.6) is 0 Å². The van der Waals surface area contributed by atoms with E-state index < -0.39 is 17.6 Å². The second-order valence-electron chi connectivity index (χ2n) is 5.51. The van der Waals surface area contributed by atoms with Crippen molar-refractivity contribution in [2.24, 2.45) is 0 Å². The number of rotatable bonds is 4. The van der Waals surface area contributed by atoms with E-state index in [4.69, 9.17) is 4.52 Å². The van der Waals surface area contributed by atoms with E-state index in [2.05, 4.69) is 15.5 Å². The normalized spacial score (nSPS) is 11.7. The number of carbonyl (C=O) groups excluding carboxylic acids is 1. The molecule has 3 rings (SSSR count). The molecule has 0 saturated carbocycles. The third-order valence-corrected chi connectivity index (χ3v) is 3.77. The van der Waals surface area contributed by atoms with Crippen molar-refractivity contribution in [3.8, 4) is 0 Å². The molecule has 0 aliphatic carbocycles. The van der Waals surface area contributed by atoms with E-state index in [1.165, 1.54) is 18.3 Å². The summed E-state index contributed by atoms with van der Waals surface area (Å²) in [7, 11) is 0. The van der Waals surface area contributed by atoms with Crippen LogP contribution in [0.1, 0.15) is 27.2 Å². The predicted molar refractivity (Wildman–Crippen MR) is 84.0 cm³/mol. The van der Waals surface area contributed by atoms with Gasteiger partial charge in [0.1, 0.15) is 0 Å². The first kappa shape index (κ1) is 16.9. The summed E-state index contributed by atoms with van der Waals surface area (Å²) < 4.78 is 43.8. The van der Waals surface area contributed by atoms with Crippen LogP contribution in [0.2, 0.25) is 0 Å². The molecule has 0 atom stereocenters. The van der Waals surface area contributed by atoms with Crippen LogP contribution >= 0.6 is 0 Å². The topological polar surface area (TPSA) is 68.0 Å². The molecule has 1 aromatic carbocycles. The zero-order valence-corrected chi connectivity index (χ0v) is 13.2. The van der Waals surface area contributed by atoms with Gasteiger partial charge in [0.2, 0.25) is 0 Å². The summed E-state index contributed by atoms with van der Waals surface area (Å²) in [5, 5.41) is 6.98. The molecule has 0 unspecified atom stereocenters. The third kappa shape index (κ3) is 3.62. The Kier molecular flexibility index (Phi) is 4.43. The van der Waals surface area contributed by atoms with Gasteiger partial charge in [0.05, 0.1) is 22.2 Å². The summed E-state index contributed by atoms with van der Waals surface area (Å²) >= 11 is 0. The van der Waals surface area contributed by atoms with E-state index in [-0.39, 0.29) is 18.5 Å². The first-order valence-corrected chi connectivity index (χ1v) is 7.51. The zero-order chi connectivity index (χ0) is 18.0. The summed E-state index contributed by atoms with van der Waals surface area (Å²) in [6, 6.07) is 6.91. The van der Waals surface area contributed by atoms with Crippen LogP contribution in [-0.2, 0) is 12.6 Å². The van der Waals surface area contributed by atoms with Crippen molar-refractivity contribution in [2.75, 3.05) is 6.54 Å². The van der Waals surface area contributed by atoms with Gasteiger partial charge in [-0.2, -0.15) is 13.2 Å². The molecule has 0 spiro atoms. The minimum absolute atomic E-state index is 0.0728. The Morgan fingerprint density at radius 2 is 2.04 bits per heavy atom. The molecule has 0 fully saturated rings. The number of hydrogen-bond donors (Lipinski definition) is 1. The van der Waals surface area contributed by atoms with Gasteiger partial charge in [0.15, 0.2) is 0 Å². The highest BCUT2D eigenvalue weighted by Gasteiger charge is 2.32. The van der Waals surface area contributed by atoms with Gasteiger partial charge in [-0.15, -0.1) is 0 Å². The van der Waals surface area contributed by atoms with Crippen LogP contribution in [0, 0.1) is 6.92 Å². The summed E-state index contributed by atoms with van der Waals surface area (Å²) in [5.74, 6) is -0.417. The summed E-state index contributed by atoms with van der Waals surface area (Å²) in [5.41, 5.74) is 0.679. The number of fused-ring (bicyclic) bond motifs is 1. The summed E-state index contributed by atoms with van der Waals surface area (Å²) in [6.07, 6.45) is -3.00. The van der Waals surface area contributed by atoms with Crippen LogP contribution in [0.15, 0.2) is 41.1 Å². The van der Waals surface area contributed by atoms with Crippen LogP contribution in [0.3, 0.4) is 0 Å². The van der Waals surface area contributed by atoms with E-state index in [1.807, 2.05) is 0 Å². The molecule has 8 heteroatoms. The van der Waals surface area contributed by atoms with Gasteiger partial charge in [-0.25, -0.2) is 4.98 Å². The largest absolute Gasteiger partial charge is 0.416 e. The van der Waals surface area contributed by atoms with Gasteiger partial charge < -0.3 is 9.84 Å². The number of hydrogen-bond acceptors (Lipinski definition) is 4. The minimum atomic E-state index is -4.42. The van der Waals surface area contributed by atoms with E-state index in [0.717, 1.165) is 6.07 Å². The zero-order valence-electron chi connectivity index (χ0n) is 13.2. The first-order chi connectivity index (χ1) is 11.9. The molecule has 130 valence electrons. The van der Waals surface area contributed by atoms with E-state index in [1.54, 1.807) is 19.1 Å². The highest BCUT2D eigenvalue weighted by Crippen LogP contribution is 2.31. The number of amides is 1. The van der Waals surface area contributed by atoms with Gasteiger partial charge in [-0.05, 0) is 31.0 Å². The lowest BCUT2D eigenvalue weighted by Gasteiger charge is -2.12. The number of carbonyl (C=O) groups is 1. The van der Waals surface area contributed by atoms with Gasteiger partial charge in [-0.1, -0.05) is 23.4 Å². The minimum Gasteiger partial charge on any atom is -0.352 e. The summed E-state index contributed by atoms with van der Waals surface area (Å²) in [4.78, 5) is 16.2. The molecular formula is C17H14F3N3O2. The number of aryl methyl sites for hydroxylation is 1. The lowest BCUT2D eigenvalue weighted by atomic mass is 10.0. The fraction of sp³-hybridized carbons (Fsp3) is 0.235. The standard InChI is InChI=1S/C17H14F3N3O2/c1-10-13-8-12(9-22-16(13)25-23-10)15(24)21-7-6-11-4-2-3-5-14(11)17(18,19)20/h2-5,8-9H,6-7H2,1H3,(H,21,24). The smallest absolute Gasteiger partial charge is 0.352 e. The Balaban J connectivity index is 1.67. The maximum absolute atomic E-state index is 12.9. The number of pyridine rings is 1. The van der Waals surface area contributed by atoms with Gasteiger partial charge in [0, 0.05) is 12.7 Å². The fourth-order valence-corrected chi connectivity index (χ4v) is 2.50. The van der Waals surface area contributed by atoms with Crippen LogP contribution in [0.4, 0.5) is 13.2 Å². The van der Waals surface area contributed by atoms with Crippen LogP contribution in [-0.4, -0.2) is 22.6 Å². The molecule has 3 aromatic rings. The number of aromatic nitrogens is 2. The molecule has 0 bridgehead atoms. The van der Waals surface area contributed by atoms with Crippen molar-refractivity contribution < 1.29 is 22.5 Å². The number of benzene rings is 1. The average Bonchev–Trinajstić information content (AvgIpc) is 2.95. The van der Waals surface area contributed by atoms with E-state index >= 15 is 0 Å². The molecule has 1 amide bonds. The fourth-order valence-electron chi connectivity index (χ4n) is 2.50. The SMILES string of the molecule is Cc1noc2ncc(C(=O)NCCc3ccccc3C(F)(F)F)cc12. The monoisotopic (exact) mass is 349 g/mol. The van der Waals surface area contributed by atoms with Crippen LogP contribution < -0.4 is 5.32 Å². The van der Waals surface area contributed by atoms with Crippen molar-refractivity contribution in [1.82, 2.24) is 15.5 Å². The maximum atomic E-state index is 12.9. The number of halogens is 3. The number of nitrogens with one attached hydrogen (secondary N) is 1. The summed E-state index contributed by atoms with van der Waals surface area (Å²) in [6.45, 7) is 1.80. The first-order valence-electron chi connectivity index (χ1n) is 7.51. The Morgan fingerprint density at radius 1 is 1.28 bits per heavy atom. The van der Waals surface area contributed by atoms with Crippen molar-refractivity contribution in [1.29, 1.82) is 0 Å². The van der Waals surface area contributed by atoms with Gasteiger partial charge in [-0.3, -0.25) is 4.79 Å². The van der Waals surface area contributed by atoms with Crippen molar-refractivity contribution >= 4 is 17.0 Å². The number of alkyl halides is 3. The molecule has 25 heavy (non-hydrogen) atoms. The Hall–Kier alpha value is -2.90. The molecule has 0 aliphatic rings. The van der Waals surface area contributed by atoms with Crippen molar-refractivity contribution in [3.63, 3.8) is 0 Å². The Morgan fingerprint density at radius 3 is 2.80 bits per heavy atom. The molecule has 1 N–H and O–H groups in total. The van der Waals surface area contributed by atoms with Crippen molar-refractivity contribution in [2.45, 2.75) is 19.5 Å². The molecule has 5 nitrogen and oxygen atoms in total.